The standard InChI is InChI=1S/C39H30BrN/c1-39(2)37-14-7-6-13-35(37)36-24-23-34(26-38(36)39)41(32-21-17-28(18-22-32)27-9-4-3-5-10-27)33-12-8-11-30(25-33)29-15-19-31(40)20-16-29/h3-26H,1-2H3. The Morgan fingerprint density at radius 2 is 1.00 bits per heavy atom. The maximum absolute atomic E-state index is 3.58. The van der Waals surface area contributed by atoms with Crippen LogP contribution in [0.5, 0.6) is 0 Å². The number of nitrogens with zero attached hydrogens (tertiary/aromatic N) is 1. The molecule has 0 heterocycles. The van der Waals surface area contributed by atoms with E-state index in [-0.39, 0.29) is 5.41 Å². The maximum atomic E-state index is 3.58. The second-order valence-electron chi connectivity index (χ2n) is 11.2. The van der Waals surface area contributed by atoms with Gasteiger partial charge in [-0.2, -0.15) is 0 Å². The molecule has 0 radical (unpaired) electrons. The fourth-order valence-electron chi connectivity index (χ4n) is 6.18. The Kier molecular flexibility index (Phi) is 6.37. The Morgan fingerprint density at radius 1 is 0.439 bits per heavy atom. The number of hydrogen-bond acceptors (Lipinski definition) is 1. The Balaban J connectivity index is 1.37. The van der Waals surface area contributed by atoms with Crippen molar-refractivity contribution in [2.24, 2.45) is 0 Å². The highest BCUT2D eigenvalue weighted by atomic mass is 79.9. The molecule has 0 aromatic heterocycles. The molecule has 1 nitrogen and oxygen atoms in total. The smallest absolute Gasteiger partial charge is 0.0467 e. The van der Waals surface area contributed by atoms with Crippen LogP contribution in [0.1, 0.15) is 25.0 Å². The van der Waals surface area contributed by atoms with Gasteiger partial charge in [-0.15, -0.1) is 0 Å². The van der Waals surface area contributed by atoms with E-state index in [9.17, 15) is 0 Å². The molecule has 0 bridgehead atoms. The van der Waals surface area contributed by atoms with Gasteiger partial charge in [0, 0.05) is 26.9 Å². The van der Waals surface area contributed by atoms with Gasteiger partial charge in [0.1, 0.15) is 0 Å². The van der Waals surface area contributed by atoms with Crippen molar-refractivity contribution >= 4 is 33.0 Å². The van der Waals surface area contributed by atoms with Gasteiger partial charge in [-0.3, -0.25) is 0 Å². The minimum Gasteiger partial charge on any atom is -0.310 e. The van der Waals surface area contributed by atoms with Crippen molar-refractivity contribution in [3.05, 3.63) is 161 Å². The van der Waals surface area contributed by atoms with Gasteiger partial charge >= 0.3 is 0 Å². The van der Waals surface area contributed by atoms with Crippen molar-refractivity contribution in [2.75, 3.05) is 4.90 Å². The van der Waals surface area contributed by atoms with Crippen molar-refractivity contribution in [2.45, 2.75) is 19.3 Å². The summed E-state index contributed by atoms with van der Waals surface area (Å²) in [4.78, 5) is 2.39. The van der Waals surface area contributed by atoms with E-state index in [1.165, 1.54) is 44.5 Å². The van der Waals surface area contributed by atoms with Gasteiger partial charge < -0.3 is 4.90 Å². The van der Waals surface area contributed by atoms with E-state index in [0.717, 1.165) is 21.5 Å². The van der Waals surface area contributed by atoms with Gasteiger partial charge in [0.2, 0.25) is 0 Å². The zero-order chi connectivity index (χ0) is 28.0. The Morgan fingerprint density at radius 3 is 1.78 bits per heavy atom. The van der Waals surface area contributed by atoms with E-state index in [1.54, 1.807) is 0 Å². The lowest BCUT2D eigenvalue weighted by Gasteiger charge is -2.28. The monoisotopic (exact) mass is 591 g/mol. The molecule has 0 spiro atoms. The second-order valence-corrected chi connectivity index (χ2v) is 12.1. The first kappa shape index (κ1) is 25.6. The van der Waals surface area contributed by atoms with Crippen LogP contribution < -0.4 is 4.90 Å². The summed E-state index contributed by atoms with van der Waals surface area (Å²) in [5.41, 5.74) is 13.6. The van der Waals surface area contributed by atoms with Crippen molar-refractivity contribution in [1.82, 2.24) is 0 Å². The maximum Gasteiger partial charge on any atom is 0.0467 e. The number of benzene rings is 6. The van der Waals surface area contributed by atoms with E-state index < -0.39 is 0 Å². The molecule has 0 saturated carbocycles. The molecule has 0 saturated heterocycles. The minimum absolute atomic E-state index is 0.0654. The van der Waals surface area contributed by atoms with Crippen molar-refractivity contribution in [3.63, 3.8) is 0 Å². The van der Waals surface area contributed by atoms with Crippen LogP contribution in [0.3, 0.4) is 0 Å². The highest BCUT2D eigenvalue weighted by Gasteiger charge is 2.35. The fraction of sp³-hybridized carbons (Fsp3) is 0.0769. The molecule has 1 aliphatic carbocycles. The molecule has 7 rings (SSSR count). The first-order valence-electron chi connectivity index (χ1n) is 14.0. The lowest BCUT2D eigenvalue weighted by atomic mass is 9.82. The molecule has 1 aliphatic rings. The highest BCUT2D eigenvalue weighted by molar-refractivity contribution is 9.10. The normalized spacial score (nSPS) is 13.0. The average Bonchev–Trinajstić information content (AvgIpc) is 3.25. The fourth-order valence-corrected chi connectivity index (χ4v) is 6.44. The molecule has 0 atom stereocenters. The molecule has 6 aromatic carbocycles. The van der Waals surface area contributed by atoms with Gasteiger partial charge in [-0.05, 0) is 93.0 Å². The molecule has 0 unspecified atom stereocenters. The highest BCUT2D eigenvalue weighted by Crippen LogP contribution is 2.50. The summed E-state index contributed by atoms with van der Waals surface area (Å²) < 4.78 is 1.08. The van der Waals surface area contributed by atoms with Crippen LogP contribution in [-0.4, -0.2) is 0 Å². The predicted octanol–water partition coefficient (Wildman–Crippen LogP) is 11.6. The van der Waals surface area contributed by atoms with Crippen molar-refractivity contribution < 1.29 is 0 Å². The second kappa shape index (κ2) is 10.2. The van der Waals surface area contributed by atoms with Crippen LogP contribution in [-0.2, 0) is 5.41 Å². The lowest BCUT2D eigenvalue weighted by molar-refractivity contribution is 0.660. The van der Waals surface area contributed by atoms with E-state index in [2.05, 4.69) is 180 Å². The molecule has 0 N–H and O–H groups in total. The molecule has 6 aromatic rings. The molecule has 0 aliphatic heterocycles. The van der Waals surface area contributed by atoms with Crippen molar-refractivity contribution in [1.29, 1.82) is 0 Å². The molecular formula is C39H30BrN. The zero-order valence-electron chi connectivity index (χ0n) is 23.2. The van der Waals surface area contributed by atoms with E-state index >= 15 is 0 Å². The topological polar surface area (TPSA) is 3.24 Å². The SMILES string of the molecule is CC1(C)c2ccccc2-c2ccc(N(c3ccc(-c4ccccc4)cc3)c3cccc(-c4ccc(Br)cc4)c3)cc21. The molecule has 0 fully saturated rings. The van der Waals surface area contributed by atoms with E-state index in [4.69, 9.17) is 0 Å². The third-order valence-electron chi connectivity index (χ3n) is 8.34. The summed E-state index contributed by atoms with van der Waals surface area (Å²) in [6.45, 7) is 4.68. The Bertz CT molecular complexity index is 1850. The molecule has 198 valence electrons. The number of hydrogen-bond donors (Lipinski definition) is 0. The number of halogens is 1. The summed E-state index contributed by atoms with van der Waals surface area (Å²) in [6.07, 6.45) is 0. The number of anilines is 3. The summed E-state index contributed by atoms with van der Waals surface area (Å²) in [5.74, 6) is 0. The van der Waals surface area contributed by atoms with Crippen LogP contribution in [0, 0.1) is 0 Å². The van der Waals surface area contributed by atoms with Crippen LogP contribution in [0.4, 0.5) is 17.1 Å². The molecule has 41 heavy (non-hydrogen) atoms. The molecular weight excluding hydrogens is 562 g/mol. The zero-order valence-corrected chi connectivity index (χ0v) is 24.8. The van der Waals surface area contributed by atoms with Gasteiger partial charge in [0.25, 0.3) is 0 Å². The van der Waals surface area contributed by atoms with Crippen LogP contribution in [0.2, 0.25) is 0 Å². The van der Waals surface area contributed by atoms with E-state index in [1.807, 2.05) is 0 Å². The van der Waals surface area contributed by atoms with Gasteiger partial charge in [-0.25, -0.2) is 0 Å². The Labute approximate surface area is 250 Å². The average molecular weight is 593 g/mol. The Hall–Kier alpha value is -4.40. The van der Waals surface area contributed by atoms with Crippen LogP contribution >= 0.6 is 15.9 Å². The minimum atomic E-state index is -0.0654. The van der Waals surface area contributed by atoms with Crippen LogP contribution in [0.25, 0.3) is 33.4 Å². The van der Waals surface area contributed by atoms with Gasteiger partial charge in [0.15, 0.2) is 0 Å². The number of fused-ring (bicyclic) bond motifs is 3. The summed E-state index contributed by atoms with van der Waals surface area (Å²) in [5, 5.41) is 0. The summed E-state index contributed by atoms with van der Waals surface area (Å²) >= 11 is 3.58. The van der Waals surface area contributed by atoms with Crippen LogP contribution in [0.15, 0.2) is 150 Å². The third-order valence-corrected chi connectivity index (χ3v) is 8.87. The molecule has 0 amide bonds. The summed E-state index contributed by atoms with van der Waals surface area (Å²) in [7, 11) is 0. The lowest BCUT2D eigenvalue weighted by Crippen LogP contribution is -2.16. The first-order valence-corrected chi connectivity index (χ1v) is 14.8. The van der Waals surface area contributed by atoms with E-state index in [0.29, 0.717) is 0 Å². The summed E-state index contributed by atoms with van der Waals surface area (Å²) in [6, 6.07) is 52.7. The quantitative estimate of drug-likeness (QED) is 0.193. The number of rotatable bonds is 5. The first-order chi connectivity index (χ1) is 20.0. The van der Waals surface area contributed by atoms with Crippen molar-refractivity contribution in [3.8, 4) is 33.4 Å². The van der Waals surface area contributed by atoms with Gasteiger partial charge in [0.05, 0.1) is 0 Å². The van der Waals surface area contributed by atoms with Gasteiger partial charge in [-0.1, -0.05) is 127 Å². The predicted molar refractivity (Wildman–Crippen MR) is 177 cm³/mol. The third kappa shape index (κ3) is 4.59. The molecule has 2 heteroatoms. The largest absolute Gasteiger partial charge is 0.310 e.